The van der Waals surface area contributed by atoms with Crippen LogP contribution in [0.3, 0.4) is 0 Å². The molecular weight excluding hydrogens is 172 g/mol. The Morgan fingerprint density at radius 3 is 2.57 bits per heavy atom. The fraction of sp³-hybridized carbons (Fsp3) is 0.538. The molecule has 1 aromatic rings. The van der Waals surface area contributed by atoms with Gasteiger partial charge in [-0.05, 0) is 37.2 Å². The lowest BCUT2D eigenvalue weighted by molar-refractivity contribution is 0.0891. The summed E-state index contributed by atoms with van der Waals surface area (Å²) in [4.78, 5) is 0. The molecule has 0 saturated heterocycles. The van der Waals surface area contributed by atoms with Gasteiger partial charge in [0.1, 0.15) is 0 Å². The first-order valence-electron chi connectivity index (χ1n) is 5.55. The van der Waals surface area contributed by atoms with Crippen molar-refractivity contribution in [2.75, 3.05) is 0 Å². The SMILES string of the molecule is O[C@@H]1C[C@H]2CC[C@]1(c1ccccc1)C2. The average molecular weight is 188 g/mol. The number of hydrogen-bond donors (Lipinski definition) is 1. The highest BCUT2D eigenvalue weighted by Gasteiger charge is 2.52. The van der Waals surface area contributed by atoms with Crippen LogP contribution in [0.4, 0.5) is 0 Å². The molecule has 2 fully saturated rings. The predicted octanol–water partition coefficient (Wildman–Crippen LogP) is 2.49. The van der Waals surface area contributed by atoms with Crippen LogP contribution in [0.25, 0.3) is 0 Å². The second-order valence-electron chi connectivity index (χ2n) is 4.88. The van der Waals surface area contributed by atoms with Crippen LogP contribution in [0.5, 0.6) is 0 Å². The van der Waals surface area contributed by atoms with Crippen molar-refractivity contribution in [1.82, 2.24) is 0 Å². The molecule has 3 atom stereocenters. The highest BCUT2D eigenvalue weighted by Crippen LogP contribution is 2.55. The molecule has 1 N–H and O–H groups in total. The van der Waals surface area contributed by atoms with Gasteiger partial charge in [-0.25, -0.2) is 0 Å². The molecule has 1 aromatic carbocycles. The summed E-state index contributed by atoms with van der Waals surface area (Å²) in [6.07, 6.45) is 4.63. The molecular formula is C13H16O. The van der Waals surface area contributed by atoms with Crippen LogP contribution in [-0.2, 0) is 5.41 Å². The Balaban J connectivity index is 2.04. The van der Waals surface area contributed by atoms with E-state index >= 15 is 0 Å². The van der Waals surface area contributed by atoms with Crippen LogP contribution in [0.15, 0.2) is 30.3 Å². The van der Waals surface area contributed by atoms with Crippen LogP contribution in [-0.4, -0.2) is 11.2 Å². The molecule has 1 nitrogen and oxygen atoms in total. The van der Waals surface area contributed by atoms with Gasteiger partial charge in [0.25, 0.3) is 0 Å². The van der Waals surface area contributed by atoms with Gasteiger partial charge in [0.15, 0.2) is 0 Å². The highest BCUT2D eigenvalue weighted by atomic mass is 16.3. The van der Waals surface area contributed by atoms with E-state index in [9.17, 15) is 5.11 Å². The first kappa shape index (κ1) is 8.49. The number of aliphatic hydroxyl groups is 1. The molecule has 1 heteroatoms. The average Bonchev–Trinajstić information content (AvgIpc) is 2.77. The predicted molar refractivity (Wildman–Crippen MR) is 56.1 cm³/mol. The van der Waals surface area contributed by atoms with Gasteiger partial charge in [0, 0.05) is 5.41 Å². The number of rotatable bonds is 1. The Hall–Kier alpha value is -0.820. The number of fused-ring (bicyclic) bond motifs is 2. The van der Waals surface area contributed by atoms with Crippen molar-refractivity contribution >= 4 is 0 Å². The Labute approximate surface area is 84.8 Å². The lowest BCUT2D eigenvalue weighted by atomic mass is 9.76. The molecule has 0 heterocycles. The van der Waals surface area contributed by atoms with Gasteiger partial charge >= 0.3 is 0 Å². The van der Waals surface area contributed by atoms with Crippen LogP contribution in [0, 0.1) is 5.92 Å². The molecule has 0 radical (unpaired) electrons. The van der Waals surface area contributed by atoms with E-state index in [0.29, 0.717) is 0 Å². The maximum Gasteiger partial charge on any atom is 0.0639 e. The maximum absolute atomic E-state index is 10.1. The van der Waals surface area contributed by atoms with Crippen molar-refractivity contribution in [1.29, 1.82) is 0 Å². The fourth-order valence-electron chi connectivity index (χ4n) is 3.45. The van der Waals surface area contributed by atoms with Crippen LogP contribution >= 0.6 is 0 Å². The topological polar surface area (TPSA) is 20.2 Å². The molecule has 2 aliphatic rings. The summed E-state index contributed by atoms with van der Waals surface area (Å²) < 4.78 is 0. The summed E-state index contributed by atoms with van der Waals surface area (Å²) in [5.74, 6) is 0.783. The summed E-state index contributed by atoms with van der Waals surface area (Å²) in [6, 6.07) is 10.6. The lowest BCUT2D eigenvalue weighted by Gasteiger charge is -2.32. The molecule has 2 bridgehead atoms. The smallest absolute Gasteiger partial charge is 0.0639 e. The lowest BCUT2D eigenvalue weighted by Crippen LogP contribution is -2.34. The van der Waals surface area contributed by atoms with Crippen molar-refractivity contribution in [3.8, 4) is 0 Å². The van der Waals surface area contributed by atoms with Gasteiger partial charge in [-0.3, -0.25) is 0 Å². The van der Waals surface area contributed by atoms with E-state index in [0.717, 1.165) is 12.3 Å². The summed E-state index contributed by atoms with van der Waals surface area (Å²) in [6.45, 7) is 0. The standard InChI is InChI=1S/C13H16O/c14-12-8-10-6-7-13(12,9-10)11-4-2-1-3-5-11/h1-5,10,12,14H,6-9H2/t10-,12-,13-/m1/s1. The molecule has 74 valence electrons. The molecule has 0 spiro atoms. The Morgan fingerprint density at radius 2 is 2.00 bits per heavy atom. The molecule has 2 saturated carbocycles. The highest BCUT2D eigenvalue weighted by molar-refractivity contribution is 5.31. The largest absolute Gasteiger partial charge is 0.392 e. The van der Waals surface area contributed by atoms with Crippen molar-refractivity contribution < 1.29 is 5.11 Å². The monoisotopic (exact) mass is 188 g/mol. The van der Waals surface area contributed by atoms with E-state index in [4.69, 9.17) is 0 Å². The first-order valence-corrected chi connectivity index (χ1v) is 5.55. The molecule has 0 amide bonds. The van der Waals surface area contributed by atoms with E-state index in [1.165, 1.54) is 24.8 Å². The van der Waals surface area contributed by atoms with Crippen LogP contribution in [0.2, 0.25) is 0 Å². The summed E-state index contributed by atoms with van der Waals surface area (Å²) in [7, 11) is 0. The number of hydrogen-bond acceptors (Lipinski definition) is 1. The minimum absolute atomic E-state index is 0.0938. The van der Waals surface area contributed by atoms with Gasteiger partial charge < -0.3 is 5.11 Å². The molecule has 0 aliphatic heterocycles. The van der Waals surface area contributed by atoms with Gasteiger partial charge in [-0.1, -0.05) is 30.3 Å². The Morgan fingerprint density at radius 1 is 1.21 bits per heavy atom. The zero-order chi connectivity index (χ0) is 9.60. The van der Waals surface area contributed by atoms with Gasteiger partial charge in [-0.2, -0.15) is 0 Å². The van der Waals surface area contributed by atoms with E-state index in [1.807, 2.05) is 6.07 Å². The maximum atomic E-state index is 10.1. The number of benzene rings is 1. The molecule has 2 aliphatic carbocycles. The van der Waals surface area contributed by atoms with E-state index in [1.54, 1.807) is 0 Å². The van der Waals surface area contributed by atoms with Crippen LogP contribution in [0.1, 0.15) is 31.2 Å². The molecule has 0 unspecified atom stereocenters. The molecule has 14 heavy (non-hydrogen) atoms. The van der Waals surface area contributed by atoms with Gasteiger partial charge in [0.2, 0.25) is 0 Å². The minimum atomic E-state index is -0.0938. The van der Waals surface area contributed by atoms with E-state index < -0.39 is 0 Å². The second-order valence-corrected chi connectivity index (χ2v) is 4.88. The van der Waals surface area contributed by atoms with E-state index in [-0.39, 0.29) is 11.5 Å². The second kappa shape index (κ2) is 2.83. The zero-order valence-corrected chi connectivity index (χ0v) is 8.32. The summed E-state index contributed by atoms with van der Waals surface area (Å²) >= 11 is 0. The summed E-state index contributed by atoms with van der Waals surface area (Å²) in [5, 5.41) is 10.1. The fourth-order valence-corrected chi connectivity index (χ4v) is 3.45. The minimum Gasteiger partial charge on any atom is -0.392 e. The Bertz CT molecular complexity index is 332. The van der Waals surface area contributed by atoms with Crippen molar-refractivity contribution in [3.63, 3.8) is 0 Å². The van der Waals surface area contributed by atoms with Crippen molar-refractivity contribution in [3.05, 3.63) is 35.9 Å². The van der Waals surface area contributed by atoms with Crippen LogP contribution < -0.4 is 0 Å². The van der Waals surface area contributed by atoms with Gasteiger partial charge in [-0.15, -0.1) is 0 Å². The van der Waals surface area contributed by atoms with Crippen molar-refractivity contribution in [2.45, 2.75) is 37.2 Å². The third-order valence-corrected chi connectivity index (χ3v) is 4.19. The quantitative estimate of drug-likeness (QED) is 0.718. The Kier molecular flexibility index (Phi) is 1.72. The summed E-state index contributed by atoms with van der Waals surface area (Å²) in [5.41, 5.74) is 1.47. The molecule has 0 aromatic heterocycles. The third kappa shape index (κ3) is 0.992. The zero-order valence-electron chi connectivity index (χ0n) is 8.32. The van der Waals surface area contributed by atoms with Gasteiger partial charge in [0.05, 0.1) is 6.10 Å². The van der Waals surface area contributed by atoms with Crippen molar-refractivity contribution in [2.24, 2.45) is 5.92 Å². The third-order valence-electron chi connectivity index (χ3n) is 4.19. The van der Waals surface area contributed by atoms with E-state index in [2.05, 4.69) is 24.3 Å². The molecule has 3 rings (SSSR count). The normalized spacial score (nSPS) is 40.4. The first-order chi connectivity index (χ1) is 6.81. The number of aliphatic hydroxyl groups excluding tert-OH is 1.